The van der Waals surface area contributed by atoms with Gasteiger partial charge in [-0.1, -0.05) is 5.11 Å². The minimum atomic E-state index is -1.23. The Morgan fingerprint density at radius 2 is 2.00 bits per heavy atom. The second-order valence-electron chi connectivity index (χ2n) is 1.73. The van der Waals surface area contributed by atoms with Crippen molar-refractivity contribution in [3.05, 3.63) is 10.4 Å². The molecular formula is C4H9N3O3. The molecule has 2 atom stereocenters. The topological polar surface area (TPSA) is 109 Å². The van der Waals surface area contributed by atoms with Crippen molar-refractivity contribution >= 4 is 0 Å². The summed E-state index contributed by atoms with van der Waals surface area (Å²) in [6.07, 6.45) is -2.41. The molecule has 6 nitrogen and oxygen atoms in total. The molecule has 0 aliphatic rings. The molecule has 0 rings (SSSR count). The Morgan fingerprint density at radius 3 is 2.40 bits per heavy atom. The van der Waals surface area contributed by atoms with Gasteiger partial charge in [0.25, 0.3) is 0 Å². The van der Waals surface area contributed by atoms with Crippen molar-refractivity contribution in [1.82, 2.24) is 0 Å². The molecule has 0 aromatic rings. The summed E-state index contributed by atoms with van der Waals surface area (Å²) in [5, 5.41) is 28.7. The van der Waals surface area contributed by atoms with Crippen molar-refractivity contribution in [3.63, 3.8) is 0 Å². The van der Waals surface area contributed by atoms with Crippen LogP contribution in [0.25, 0.3) is 10.4 Å². The van der Waals surface area contributed by atoms with Gasteiger partial charge in [0.1, 0.15) is 6.10 Å². The molecule has 3 N–H and O–H groups in total. The molecule has 0 spiro atoms. The van der Waals surface area contributed by atoms with E-state index in [0.29, 0.717) is 0 Å². The number of aliphatic hydroxyl groups excluding tert-OH is 3. The molecule has 0 radical (unpaired) electrons. The largest absolute Gasteiger partial charge is 0.394 e. The van der Waals surface area contributed by atoms with Gasteiger partial charge in [0.15, 0.2) is 0 Å². The Hall–Kier alpha value is -0.810. The number of aliphatic hydroxyl groups is 3. The Balaban J connectivity index is 3.60. The van der Waals surface area contributed by atoms with Crippen LogP contribution in [0.2, 0.25) is 0 Å². The lowest BCUT2D eigenvalue weighted by Crippen LogP contribution is -2.31. The van der Waals surface area contributed by atoms with Crippen molar-refractivity contribution in [2.75, 3.05) is 13.2 Å². The van der Waals surface area contributed by atoms with Crippen LogP contribution in [0.1, 0.15) is 0 Å². The van der Waals surface area contributed by atoms with Gasteiger partial charge < -0.3 is 15.3 Å². The van der Waals surface area contributed by atoms with Crippen molar-refractivity contribution < 1.29 is 15.3 Å². The standard InChI is InChI=1S/C4H9N3O3/c5-7-6-1-3(9)4(10)2-8/h3-4,8-10H,1-2H2/t3-,4-/m0/s1. The van der Waals surface area contributed by atoms with Crippen LogP contribution < -0.4 is 0 Å². The minimum Gasteiger partial charge on any atom is -0.394 e. The molecule has 0 aromatic carbocycles. The molecule has 58 valence electrons. The molecule has 0 amide bonds. The molecule has 0 aromatic heterocycles. The average Bonchev–Trinajstić information content (AvgIpc) is 1.98. The summed E-state index contributed by atoms with van der Waals surface area (Å²) in [6, 6.07) is 0. The van der Waals surface area contributed by atoms with Gasteiger partial charge >= 0.3 is 0 Å². The maximum atomic E-state index is 8.77. The van der Waals surface area contributed by atoms with E-state index in [4.69, 9.17) is 20.9 Å². The van der Waals surface area contributed by atoms with Crippen molar-refractivity contribution in [1.29, 1.82) is 0 Å². The fraction of sp³-hybridized carbons (Fsp3) is 1.00. The lowest BCUT2D eigenvalue weighted by atomic mass is 10.2. The van der Waals surface area contributed by atoms with Gasteiger partial charge in [-0.2, -0.15) is 0 Å². The summed E-state index contributed by atoms with van der Waals surface area (Å²) in [6.45, 7) is -0.764. The predicted octanol–water partition coefficient (Wildman–Crippen LogP) is -0.989. The van der Waals surface area contributed by atoms with E-state index in [9.17, 15) is 0 Å². The second kappa shape index (κ2) is 5.01. The second-order valence-corrected chi connectivity index (χ2v) is 1.73. The first-order chi connectivity index (χ1) is 4.72. The fourth-order valence-electron chi connectivity index (χ4n) is 0.364. The number of hydrogen-bond donors (Lipinski definition) is 3. The summed E-state index contributed by atoms with van der Waals surface area (Å²) in [5.41, 5.74) is 7.77. The van der Waals surface area contributed by atoms with Gasteiger partial charge in [-0.25, -0.2) is 0 Å². The van der Waals surface area contributed by atoms with E-state index in [2.05, 4.69) is 10.0 Å². The SMILES string of the molecule is [N-]=[N+]=NC[C@H](O)[C@@H](O)CO. The highest BCUT2D eigenvalue weighted by atomic mass is 16.4. The van der Waals surface area contributed by atoms with E-state index in [1.54, 1.807) is 0 Å². The van der Waals surface area contributed by atoms with E-state index in [1.165, 1.54) is 0 Å². The third-order valence-electron chi connectivity index (χ3n) is 0.963. The highest BCUT2D eigenvalue weighted by Crippen LogP contribution is 1.92. The van der Waals surface area contributed by atoms with Gasteiger partial charge in [-0.3, -0.25) is 0 Å². The quantitative estimate of drug-likeness (QED) is 0.270. The zero-order valence-corrected chi connectivity index (χ0v) is 5.25. The molecule has 10 heavy (non-hydrogen) atoms. The van der Waals surface area contributed by atoms with Crippen LogP contribution in [0.5, 0.6) is 0 Å². The van der Waals surface area contributed by atoms with E-state index >= 15 is 0 Å². The molecule has 0 fully saturated rings. The third-order valence-corrected chi connectivity index (χ3v) is 0.963. The van der Waals surface area contributed by atoms with Crippen LogP contribution in [0.3, 0.4) is 0 Å². The molecule has 0 bridgehead atoms. The molecule has 0 aliphatic heterocycles. The molecular weight excluding hydrogens is 138 g/mol. The first-order valence-electron chi connectivity index (χ1n) is 2.70. The summed E-state index contributed by atoms with van der Waals surface area (Å²) in [4.78, 5) is 2.36. The highest BCUT2D eigenvalue weighted by molar-refractivity contribution is 4.68. The van der Waals surface area contributed by atoms with Crippen LogP contribution in [0, 0.1) is 0 Å². The normalized spacial score (nSPS) is 15.5. The van der Waals surface area contributed by atoms with Gasteiger partial charge in [0.2, 0.25) is 0 Å². The molecule has 0 aliphatic carbocycles. The lowest BCUT2D eigenvalue weighted by molar-refractivity contribution is -0.00888. The van der Waals surface area contributed by atoms with Gasteiger partial charge in [0, 0.05) is 4.91 Å². The van der Waals surface area contributed by atoms with Crippen molar-refractivity contribution in [2.45, 2.75) is 12.2 Å². The minimum absolute atomic E-state index is 0.224. The first-order valence-corrected chi connectivity index (χ1v) is 2.70. The Labute approximate surface area is 57.4 Å². The van der Waals surface area contributed by atoms with Crippen molar-refractivity contribution in [2.24, 2.45) is 5.11 Å². The number of rotatable bonds is 4. The third kappa shape index (κ3) is 3.26. The Bertz CT molecular complexity index is 134. The average molecular weight is 147 g/mol. The number of azide groups is 1. The van der Waals surface area contributed by atoms with Crippen LogP contribution in [0.15, 0.2) is 5.11 Å². The summed E-state index contributed by atoms with van der Waals surface area (Å²) in [7, 11) is 0. The monoisotopic (exact) mass is 147 g/mol. The Morgan fingerprint density at radius 1 is 1.40 bits per heavy atom. The van der Waals surface area contributed by atoms with E-state index in [1.807, 2.05) is 0 Å². The number of nitrogens with zero attached hydrogens (tertiary/aromatic N) is 3. The zero-order valence-electron chi connectivity index (χ0n) is 5.25. The Kier molecular flexibility index (Phi) is 4.61. The molecule has 0 unspecified atom stereocenters. The summed E-state index contributed by atoms with van der Waals surface area (Å²) in [5.74, 6) is 0. The van der Waals surface area contributed by atoms with Crippen LogP contribution in [-0.2, 0) is 0 Å². The van der Waals surface area contributed by atoms with Crippen molar-refractivity contribution in [3.8, 4) is 0 Å². The zero-order chi connectivity index (χ0) is 7.98. The molecule has 0 saturated heterocycles. The van der Waals surface area contributed by atoms with E-state index in [-0.39, 0.29) is 6.54 Å². The van der Waals surface area contributed by atoms with Gasteiger partial charge in [-0.15, -0.1) is 0 Å². The molecule has 6 heteroatoms. The van der Waals surface area contributed by atoms with Crippen LogP contribution >= 0.6 is 0 Å². The molecule has 0 heterocycles. The maximum Gasteiger partial charge on any atom is 0.103 e. The van der Waals surface area contributed by atoms with Gasteiger partial charge in [0.05, 0.1) is 19.3 Å². The predicted molar refractivity (Wildman–Crippen MR) is 33.1 cm³/mol. The fourth-order valence-corrected chi connectivity index (χ4v) is 0.364. The van der Waals surface area contributed by atoms with Gasteiger partial charge in [-0.05, 0) is 5.53 Å². The smallest absolute Gasteiger partial charge is 0.103 e. The summed E-state index contributed by atoms with van der Waals surface area (Å²) < 4.78 is 0. The summed E-state index contributed by atoms with van der Waals surface area (Å²) >= 11 is 0. The first kappa shape index (κ1) is 9.19. The van der Waals surface area contributed by atoms with E-state index in [0.717, 1.165) is 0 Å². The number of hydrogen-bond acceptors (Lipinski definition) is 4. The van der Waals surface area contributed by atoms with Crippen LogP contribution in [-0.4, -0.2) is 40.7 Å². The van der Waals surface area contributed by atoms with E-state index < -0.39 is 18.8 Å². The van der Waals surface area contributed by atoms with Crippen LogP contribution in [0.4, 0.5) is 0 Å². The highest BCUT2D eigenvalue weighted by Gasteiger charge is 2.12. The molecule has 0 saturated carbocycles. The lowest BCUT2D eigenvalue weighted by Gasteiger charge is -2.11. The maximum absolute atomic E-state index is 8.77.